The van der Waals surface area contributed by atoms with Crippen LogP contribution in [0.3, 0.4) is 0 Å². The second kappa shape index (κ2) is 13.4. The van der Waals surface area contributed by atoms with Crippen molar-refractivity contribution in [3.8, 4) is 0 Å². The highest BCUT2D eigenvalue weighted by Gasteiger charge is 2.51. The molecule has 0 unspecified atom stereocenters. The number of carboxylic acid groups (broad SMARTS) is 1. The summed E-state index contributed by atoms with van der Waals surface area (Å²) in [6, 6.07) is 12.2. The van der Waals surface area contributed by atoms with Crippen LogP contribution in [0.1, 0.15) is 39.2 Å². The fourth-order valence-electron chi connectivity index (χ4n) is 4.37. The van der Waals surface area contributed by atoms with Crippen LogP contribution in [0.4, 0.5) is 11.6 Å². The number of aliphatic carboxylic acids is 1. The number of rotatable bonds is 9. The topological polar surface area (TPSA) is 136 Å². The maximum atomic E-state index is 14.0. The zero-order chi connectivity index (χ0) is 30.5. The van der Waals surface area contributed by atoms with E-state index in [0.717, 1.165) is 17.0 Å². The van der Waals surface area contributed by atoms with E-state index in [1.807, 2.05) is 24.3 Å². The molecule has 0 aliphatic carbocycles. The zero-order valence-corrected chi connectivity index (χ0v) is 26.3. The molecule has 0 bridgehead atoms. The van der Waals surface area contributed by atoms with Crippen LogP contribution in [0.2, 0.25) is 10.0 Å². The van der Waals surface area contributed by atoms with Crippen LogP contribution in [0.15, 0.2) is 58.2 Å². The monoisotopic (exact) mass is 687 g/mol. The average Bonchev–Trinajstić information content (AvgIpc) is 3.38. The molecule has 3 aromatic rings. The Kier molecular flexibility index (Phi) is 10.6. The van der Waals surface area contributed by atoms with E-state index in [9.17, 15) is 18.0 Å². The molecule has 1 amide bonds. The van der Waals surface area contributed by atoms with Crippen LogP contribution < -0.4 is 4.90 Å². The molecular weight excluding hydrogens is 661 g/mol. The highest BCUT2D eigenvalue weighted by Crippen LogP contribution is 2.44. The van der Waals surface area contributed by atoms with E-state index in [-0.39, 0.29) is 42.1 Å². The van der Waals surface area contributed by atoms with Crippen LogP contribution >= 0.6 is 39.1 Å². The summed E-state index contributed by atoms with van der Waals surface area (Å²) < 4.78 is 34.2. The predicted molar refractivity (Wildman–Crippen MR) is 159 cm³/mol. The van der Waals surface area contributed by atoms with Crippen LogP contribution in [0, 0.1) is 0 Å². The van der Waals surface area contributed by atoms with Crippen molar-refractivity contribution in [2.45, 2.75) is 50.6 Å². The Labute approximate surface area is 256 Å². The number of hydrogen-bond acceptors (Lipinski definition) is 7. The van der Waals surface area contributed by atoms with Crippen molar-refractivity contribution < 1.29 is 32.6 Å². The Morgan fingerprint density at radius 3 is 2.22 bits per heavy atom. The molecule has 1 N–H and O–H groups in total. The number of unbranched alkanes of at least 4 members (excludes halogenated alkanes) is 1. The molecule has 0 spiro atoms. The van der Waals surface area contributed by atoms with Gasteiger partial charge in [-0.2, -0.15) is 0 Å². The molecule has 41 heavy (non-hydrogen) atoms. The first-order chi connectivity index (χ1) is 19.2. The van der Waals surface area contributed by atoms with E-state index >= 15 is 0 Å². The molecule has 14 heteroatoms. The smallest absolute Gasteiger partial charge is 0.302 e. The molecule has 2 heterocycles. The lowest BCUT2D eigenvalue weighted by Gasteiger charge is -2.26. The minimum atomic E-state index is -3.84. The van der Waals surface area contributed by atoms with Crippen molar-refractivity contribution in [3.63, 3.8) is 0 Å². The summed E-state index contributed by atoms with van der Waals surface area (Å²) in [4.78, 5) is 39.7. The number of amides is 1. The summed E-state index contributed by atoms with van der Waals surface area (Å²) >= 11 is 15.9. The van der Waals surface area contributed by atoms with E-state index in [0.29, 0.717) is 22.2 Å². The van der Waals surface area contributed by atoms with E-state index < -0.39 is 27.3 Å². The highest BCUT2D eigenvalue weighted by atomic mass is 79.9. The molecule has 1 aliphatic heterocycles. The van der Waals surface area contributed by atoms with Gasteiger partial charge in [-0.05, 0) is 55.7 Å². The summed E-state index contributed by atoms with van der Waals surface area (Å²) in [6.07, 6.45) is 2.17. The first-order valence-electron chi connectivity index (χ1n) is 12.3. The third-order valence-electron chi connectivity index (χ3n) is 6.07. The van der Waals surface area contributed by atoms with Crippen LogP contribution in [-0.2, 0) is 40.9 Å². The molecule has 2 aromatic carbocycles. The van der Waals surface area contributed by atoms with Gasteiger partial charge in [0.15, 0.2) is 14.9 Å². The van der Waals surface area contributed by atoms with E-state index in [2.05, 4.69) is 20.9 Å². The number of esters is 1. The maximum Gasteiger partial charge on any atom is 0.302 e. The van der Waals surface area contributed by atoms with Gasteiger partial charge in [-0.1, -0.05) is 51.3 Å². The first kappa shape index (κ1) is 32.6. The van der Waals surface area contributed by atoms with Crippen molar-refractivity contribution in [1.29, 1.82) is 0 Å². The molecule has 1 atom stereocenters. The van der Waals surface area contributed by atoms with E-state index in [1.165, 1.54) is 22.6 Å². The fourth-order valence-corrected chi connectivity index (χ4v) is 6.71. The molecule has 4 rings (SSSR count). The number of imidazole rings is 1. The predicted octanol–water partition coefficient (Wildman–Crippen LogP) is 5.80. The molecule has 0 radical (unpaired) electrons. The number of carbonyl (C=O) groups is 3. The van der Waals surface area contributed by atoms with E-state index in [1.54, 1.807) is 25.1 Å². The second-order valence-corrected chi connectivity index (χ2v) is 13.3. The van der Waals surface area contributed by atoms with Gasteiger partial charge < -0.3 is 9.84 Å². The van der Waals surface area contributed by atoms with Gasteiger partial charge in [0.1, 0.15) is 5.54 Å². The normalized spacial score (nSPS) is 16.1. The summed E-state index contributed by atoms with van der Waals surface area (Å²) in [5, 5.41) is 8.02. The summed E-state index contributed by atoms with van der Waals surface area (Å²) in [6.45, 7) is 4.22. The fraction of sp³-hybridized carbons (Fsp3) is 0.333. The number of fused-ring (bicyclic) bond motifs is 1. The third-order valence-corrected chi connectivity index (χ3v) is 8.78. The SMILES string of the molecule is CC(=O)O.CC(=O)OCCCCS(=O)(=O)c1cnc2n1[C@](C)(Cc1ccc(Br)cc1)C(=O)N2c1cc(Cl)cc(Cl)c1. The molecule has 220 valence electrons. The lowest BCUT2D eigenvalue weighted by Crippen LogP contribution is -2.42. The number of anilines is 2. The average molecular weight is 689 g/mol. The molecule has 0 saturated carbocycles. The Hall–Kier alpha value is -2.93. The number of aromatic nitrogens is 2. The first-order valence-corrected chi connectivity index (χ1v) is 15.5. The van der Waals surface area contributed by atoms with Gasteiger partial charge in [0, 0.05) is 34.8 Å². The molecule has 1 aromatic heterocycles. The van der Waals surface area contributed by atoms with Gasteiger partial charge in [-0.3, -0.25) is 19.0 Å². The van der Waals surface area contributed by atoms with Gasteiger partial charge in [0.25, 0.3) is 11.9 Å². The summed E-state index contributed by atoms with van der Waals surface area (Å²) in [5.41, 5.74) is -0.0668. The van der Waals surface area contributed by atoms with E-state index in [4.69, 9.17) is 37.8 Å². The molecular formula is C27H28BrCl2N3O7S. The Morgan fingerprint density at radius 2 is 1.66 bits per heavy atom. The number of carboxylic acids is 1. The Balaban J connectivity index is 0.00000108. The van der Waals surface area contributed by atoms with Gasteiger partial charge in [-0.15, -0.1) is 0 Å². The number of benzene rings is 2. The van der Waals surface area contributed by atoms with Crippen molar-refractivity contribution in [2.75, 3.05) is 17.3 Å². The van der Waals surface area contributed by atoms with Crippen molar-refractivity contribution in [2.24, 2.45) is 0 Å². The molecule has 10 nitrogen and oxygen atoms in total. The van der Waals surface area contributed by atoms with Crippen LogP contribution in [0.5, 0.6) is 0 Å². The van der Waals surface area contributed by atoms with Gasteiger partial charge in [0.05, 0.1) is 24.2 Å². The second-order valence-electron chi connectivity index (χ2n) is 9.46. The summed E-state index contributed by atoms with van der Waals surface area (Å²) in [5.74, 6) is -1.63. The summed E-state index contributed by atoms with van der Waals surface area (Å²) in [7, 11) is -3.84. The maximum absolute atomic E-state index is 14.0. The number of sulfone groups is 1. The minimum Gasteiger partial charge on any atom is -0.481 e. The standard InChI is InChI=1S/C25H24BrCl2N3O5S.C2H4O2/c1-16(32)36-9-3-4-10-37(34,35)22-15-29-24-30(21-12-19(27)11-20(28)13-21)23(33)25(2,31(22)24)14-17-5-7-18(26)8-6-17;1-2(3)4/h5-8,11-13,15H,3-4,9-10,14H2,1-2H3;1H3,(H,3,4)/t25-;/m1./s1. The van der Waals surface area contributed by atoms with Gasteiger partial charge in [-0.25, -0.2) is 18.3 Å². The minimum absolute atomic E-state index is 0.0569. The zero-order valence-electron chi connectivity index (χ0n) is 22.4. The number of ether oxygens (including phenoxy) is 1. The van der Waals surface area contributed by atoms with Crippen LogP contribution in [-0.4, -0.2) is 53.3 Å². The van der Waals surface area contributed by atoms with Crippen molar-refractivity contribution in [3.05, 3.63) is 68.7 Å². The van der Waals surface area contributed by atoms with Crippen molar-refractivity contribution in [1.82, 2.24) is 9.55 Å². The van der Waals surface area contributed by atoms with Crippen LogP contribution in [0.25, 0.3) is 0 Å². The number of nitrogens with zero attached hydrogens (tertiary/aromatic N) is 3. The van der Waals surface area contributed by atoms with Crippen molar-refractivity contribution >= 4 is 78.5 Å². The highest BCUT2D eigenvalue weighted by molar-refractivity contribution is 9.10. The lowest BCUT2D eigenvalue weighted by molar-refractivity contribution is -0.141. The Morgan fingerprint density at radius 1 is 1.07 bits per heavy atom. The Bertz CT molecular complexity index is 1540. The largest absolute Gasteiger partial charge is 0.481 e. The quantitative estimate of drug-likeness (QED) is 0.220. The molecule has 0 saturated heterocycles. The molecule has 0 fully saturated rings. The number of halogens is 3. The van der Waals surface area contributed by atoms with Gasteiger partial charge >= 0.3 is 5.97 Å². The third kappa shape index (κ3) is 7.88. The van der Waals surface area contributed by atoms with Gasteiger partial charge in [0.2, 0.25) is 5.95 Å². The number of hydrogen-bond donors (Lipinski definition) is 1. The molecule has 1 aliphatic rings. The number of carbonyl (C=O) groups excluding carboxylic acids is 2. The lowest BCUT2D eigenvalue weighted by atomic mass is 9.92.